The zero-order chi connectivity index (χ0) is 19.5. The van der Waals surface area contributed by atoms with Crippen molar-refractivity contribution < 1.29 is 9.90 Å². The summed E-state index contributed by atoms with van der Waals surface area (Å²) < 4.78 is 5.97. The van der Waals surface area contributed by atoms with Crippen LogP contribution in [-0.2, 0) is 0 Å². The van der Waals surface area contributed by atoms with Crippen molar-refractivity contribution in [3.8, 4) is 0 Å². The number of benzene rings is 1. The number of hydrogen-bond donors (Lipinski definition) is 1. The van der Waals surface area contributed by atoms with Gasteiger partial charge in [0.05, 0.1) is 4.70 Å². The molecule has 1 saturated heterocycles. The Morgan fingerprint density at radius 2 is 1.89 bits per heavy atom. The zero-order valence-electron chi connectivity index (χ0n) is 16.6. The van der Waals surface area contributed by atoms with Crippen LogP contribution in [0.5, 0.6) is 0 Å². The number of rotatable bonds is 5. The van der Waals surface area contributed by atoms with Crippen molar-refractivity contribution in [2.24, 2.45) is 5.92 Å². The van der Waals surface area contributed by atoms with E-state index < -0.39 is 6.09 Å². The molecule has 0 spiro atoms. The minimum absolute atomic E-state index is 0.213. The highest BCUT2D eigenvalue weighted by Crippen LogP contribution is 2.31. The second-order valence-electron chi connectivity index (χ2n) is 8.19. The summed E-state index contributed by atoms with van der Waals surface area (Å²) in [4.78, 5) is 17.6. The van der Waals surface area contributed by atoms with Crippen LogP contribution in [0.3, 0.4) is 0 Å². The van der Waals surface area contributed by atoms with Crippen molar-refractivity contribution in [1.29, 1.82) is 0 Å². The van der Waals surface area contributed by atoms with Gasteiger partial charge < -0.3 is 14.9 Å². The number of carbonyl (C=O) groups is 1. The minimum Gasteiger partial charge on any atom is -0.465 e. The zero-order valence-corrected chi connectivity index (χ0v) is 17.4. The van der Waals surface area contributed by atoms with Crippen LogP contribution in [0.1, 0.15) is 32.1 Å². The number of hydrogen-bond acceptors (Lipinski definition) is 5. The van der Waals surface area contributed by atoms with Gasteiger partial charge in [-0.1, -0.05) is 12.1 Å². The smallest absolute Gasteiger partial charge is 0.407 e. The van der Waals surface area contributed by atoms with Crippen LogP contribution < -0.4 is 4.90 Å². The van der Waals surface area contributed by atoms with E-state index in [0.717, 1.165) is 70.1 Å². The average molecular weight is 403 g/mol. The molecule has 28 heavy (non-hydrogen) atoms. The van der Waals surface area contributed by atoms with E-state index in [-0.39, 0.29) is 6.04 Å². The molecule has 0 unspecified atom stereocenters. The van der Waals surface area contributed by atoms with Crippen LogP contribution in [0.2, 0.25) is 0 Å². The molecule has 152 valence electrons. The van der Waals surface area contributed by atoms with Gasteiger partial charge in [-0.05, 0) is 68.2 Å². The third-order valence-corrected chi connectivity index (χ3v) is 7.37. The first-order valence-electron chi connectivity index (χ1n) is 10.4. The average Bonchev–Trinajstić information content (AvgIpc) is 3.16. The van der Waals surface area contributed by atoms with Crippen molar-refractivity contribution in [2.45, 2.75) is 38.1 Å². The summed E-state index contributed by atoms with van der Waals surface area (Å²) in [7, 11) is 1.71. The van der Waals surface area contributed by atoms with Crippen LogP contribution in [0.15, 0.2) is 24.3 Å². The number of anilines is 1. The monoisotopic (exact) mass is 402 g/mol. The van der Waals surface area contributed by atoms with Crippen molar-refractivity contribution in [3.05, 3.63) is 24.3 Å². The number of nitrogens with zero attached hydrogens (tertiary/aromatic N) is 4. The van der Waals surface area contributed by atoms with Crippen molar-refractivity contribution in [3.63, 3.8) is 0 Å². The van der Waals surface area contributed by atoms with E-state index in [1.807, 2.05) is 0 Å². The summed E-state index contributed by atoms with van der Waals surface area (Å²) in [6.07, 6.45) is 4.79. The molecule has 0 bridgehead atoms. The lowest BCUT2D eigenvalue weighted by atomic mass is 9.83. The van der Waals surface area contributed by atoms with Crippen LogP contribution in [0.25, 0.3) is 10.1 Å². The highest BCUT2D eigenvalue weighted by molar-refractivity contribution is 7.13. The van der Waals surface area contributed by atoms with Crippen molar-refractivity contribution in [1.82, 2.24) is 14.2 Å². The molecular formula is C21H30N4O2S. The molecule has 6 nitrogen and oxygen atoms in total. The quantitative estimate of drug-likeness (QED) is 0.820. The number of fused-ring (bicyclic) bond motifs is 1. The Hall–Kier alpha value is -1.86. The molecule has 2 fully saturated rings. The lowest BCUT2D eigenvalue weighted by Gasteiger charge is -2.37. The molecule has 4 rings (SSSR count). The Labute approximate surface area is 170 Å². The van der Waals surface area contributed by atoms with Gasteiger partial charge in [0.25, 0.3) is 0 Å². The molecule has 2 aliphatic rings. The van der Waals surface area contributed by atoms with E-state index >= 15 is 0 Å². The first-order valence-corrected chi connectivity index (χ1v) is 11.2. The number of aromatic nitrogens is 1. The second kappa shape index (κ2) is 8.66. The topological polar surface area (TPSA) is 59.9 Å². The summed E-state index contributed by atoms with van der Waals surface area (Å²) in [6, 6.07) is 8.72. The largest absolute Gasteiger partial charge is 0.465 e. The molecule has 1 amide bonds. The predicted molar refractivity (Wildman–Crippen MR) is 114 cm³/mol. The van der Waals surface area contributed by atoms with Crippen LogP contribution in [0.4, 0.5) is 10.6 Å². The van der Waals surface area contributed by atoms with E-state index in [9.17, 15) is 4.79 Å². The Bertz CT molecular complexity index is 795. The van der Waals surface area contributed by atoms with Crippen LogP contribution in [0, 0.1) is 5.92 Å². The van der Waals surface area contributed by atoms with Gasteiger partial charge in [0.2, 0.25) is 0 Å². The molecule has 0 radical (unpaired) electrons. The maximum atomic E-state index is 11.1. The molecule has 7 heteroatoms. The Kier molecular flexibility index (Phi) is 6.01. The van der Waals surface area contributed by atoms with E-state index in [0.29, 0.717) is 0 Å². The summed E-state index contributed by atoms with van der Waals surface area (Å²) >= 11 is 1.60. The first-order chi connectivity index (χ1) is 13.6. The SMILES string of the molecule is CN(C(=O)O)[C@H]1CC[C@H](CCN2CCN(c3nsc4ccccc34)CC2)CC1. The molecule has 1 N–H and O–H groups in total. The standard InChI is InChI=1S/C21H30N4O2S/c1-23(21(26)27)17-8-6-16(7-9-17)10-11-24-12-14-25(15-13-24)20-18-4-2-3-5-19(18)28-22-20/h2-5,16-17H,6-15H2,1H3,(H,26,27)/t16-,17-. The molecule has 2 aromatic rings. The van der Waals surface area contributed by atoms with Crippen molar-refractivity contribution >= 4 is 33.5 Å². The van der Waals surface area contributed by atoms with Gasteiger partial charge >= 0.3 is 6.09 Å². The molecule has 2 heterocycles. The maximum Gasteiger partial charge on any atom is 0.407 e. The Balaban J connectivity index is 1.21. The third kappa shape index (κ3) is 4.25. The normalized spacial score (nSPS) is 23.8. The van der Waals surface area contributed by atoms with Crippen LogP contribution in [-0.4, -0.2) is 71.2 Å². The lowest BCUT2D eigenvalue weighted by molar-refractivity contribution is 0.115. The first kappa shape index (κ1) is 19.5. The van der Waals surface area contributed by atoms with Gasteiger partial charge in [0.15, 0.2) is 0 Å². The predicted octanol–water partition coefficient (Wildman–Crippen LogP) is 3.98. The van der Waals surface area contributed by atoms with Crippen molar-refractivity contribution in [2.75, 3.05) is 44.7 Å². The Morgan fingerprint density at radius 3 is 2.61 bits per heavy atom. The molecule has 1 aromatic carbocycles. The highest BCUT2D eigenvalue weighted by Gasteiger charge is 2.27. The maximum absolute atomic E-state index is 11.1. The highest BCUT2D eigenvalue weighted by atomic mass is 32.1. The molecule has 1 aliphatic carbocycles. The summed E-state index contributed by atoms with van der Waals surface area (Å²) in [6.45, 7) is 5.45. The van der Waals surface area contributed by atoms with Gasteiger partial charge in [-0.25, -0.2) is 4.79 Å². The van der Waals surface area contributed by atoms with Gasteiger partial charge in [-0.15, -0.1) is 0 Å². The molecule has 1 saturated carbocycles. The van der Waals surface area contributed by atoms with Gasteiger partial charge in [-0.3, -0.25) is 4.90 Å². The number of amides is 1. The lowest BCUT2D eigenvalue weighted by Crippen LogP contribution is -2.47. The summed E-state index contributed by atoms with van der Waals surface area (Å²) in [5.41, 5.74) is 0. The summed E-state index contributed by atoms with van der Waals surface area (Å²) in [5, 5.41) is 10.4. The van der Waals surface area contributed by atoms with E-state index in [2.05, 4.69) is 34.1 Å². The molecule has 1 aromatic heterocycles. The molecular weight excluding hydrogens is 372 g/mol. The number of carboxylic acid groups (broad SMARTS) is 1. The van der Waals surface area contributed by atoms with E-state index in [1.165, 1.54) is 21.4 Å². The second-order valence-corrected chi connectivity index (χ2v) is 8.99. The van der Waals surface area contributed by atoms with Crippen LogP contribution >= 0.6 is 11.5 Å². The minimum atomic E-state index is -0.797. The Morgan fingerprint density at radius 1 is 1.18 bits per heavy atom. The van der Waals surface area contributed by atoms with E-state index in [1.54, 1.807) is 18.6 Å². The van der Waals surface area contributed by atoms with Gasteiger partial charge in [0, 0.05) is 44.7 Å². The number of piperazine rings is 1. The fraction of sp³-hybridized carbons (Fsp3) is 0.619. The van der Waals surface area contributed by atoms with E-state index in [4.69, 9.17) is 9.48 Å². The van der Waals surface area contributed by atoms with Gasteiger partial charge in [-0.2, -0.15) is 4.37 Å². The fourth-order valence-corrected chi connectivity index (χ4v) is 5.42. The fourth-order valence-electron chi connectivity index (χ4n) is 4.63. The third-order valence-electron chi connectivity index (χ3n) is 6.55. The molecule has 0 atom stereocenters. The summed E-state index contributed by atoms with van der Waals surface area (Å²) in [5.74, 6) is 1.90. The van der Waals surface area contributed by atoms with Gasteiger partial charge in [0.1, 0.15) is 5.82 Å². The molecule has 1 aliphatic heterocycles.